The lowest BCUT2D eigenvalue weighted by atomic mass is 10.0. The maximum atomic E-state index is 11.6. The quantitative estimate of drug-likeness (QED) is 0.538. The first-order chi connectivity index (χ1) is 11.6. The summed E-state index contributed by atoms with van der Waals surface area (Å²) in [5.74, 6) is 0.397. The van der Waals surface area contributed by atoms with Gasteiger partial charge in [0.1, 0.15) is 12.4 Å². The van der Waals surface area contributed by atoms with Crippen molar-refractivity contribution in [1.82, 2.24) is 0 Å². The molecule has 0 saturated carbocycles. The third kappa shape index (κ3) is 5.13. The molecule has 2 rings (SSSR count). The summed E-state index contributed by atoms with van der Waals surface area (Å²) in [5.41, 5.74) is 3.76. The fourth-order valence-electron chi connectivity index (χ4n) is 2.24. The number of rotatable bonds is 7. The van der Waals surface area contributed by atoms with Crippen LogP contribution >= 0.6 is 0 Å². The zero-order valence-corrected chi connectivity index (χ0v) is 14.1. The molecule has 0 aliphatic carbocycles. The van der Waals surface area contributed by atoms with E-state index in [4.69, 9.17) is 9.47 Å². The zero-order chi connectivity index (χ0) is 17.4. The van der Waals surface area contributed by atoms with Gasteiger partial charge in [0.15, 0.2) is 0 Å². The van der Waals surface area contributed by atoms with E-state index in [-0.39, 0.29) is 5.97 Å². The van der Waals surface area contributed by atoms with Crippen molar-refractivity contribution in [3.05, 3.63) is 77.9 Å². The Kier molecular flexibility index (Phi) is 6.38. The van der Waals surface area contributed by atoms with Crippen molar-refractivity contribution >= 4 is 17.6 Å². The molecular weight excluding hydrogens is 300 g/mol. The van der Waals surface area contributed by atoms with E-state index < -0.39 is 0 Å². The lowest BCUT2D eigenvalue weighted by Gasteiger charge is -2.11. The molecule has 0 heterocycles. The Balaban J connectivity index is 2.20. The second kappa shape index (κ2) is 8.73. The molecule has 124 valence electrons. The molecule has 2 aromatic rings. The second-order valence-electron chi connectivity index (χ2n) is 5.35. The van der Waals surface area contributed by atoms with Crippen molar-refractivity contribution < 1.29 is 14.3 Å². The number of hydrogen-bond acceptors (Lipinski definition) is 3. The molecule has 0 saturated heterocycles. The maximum Gasteiger partial charge on any atom is 0.331 e. The topological polar surface area (TPSA) is 35.5 Å². The van der Waals surface area contributed by atoms with Crippen LogP contribution in [0, 0.1) is 0 Å². The van der Waals surface area contributed by atoms with Gasteiger partial charge in [0, 0.05) is 6.08 Å². The first-order valence-corrected chi connectivity index (χ1v) is 7.92. The molecule has 0 bridgehead atoms. The van der Waals surface area contributed by atoms with E-state index in [1.807, 2.05) is 55.5 Å². The number of carbonyl (C=O) groups excluding carboxylic acids is 1. The second-order valence-corrected chi connectivity index (χ2v) is 5.35. The smallest absolute Gasteiger partial charge is 0.331 e. The molecular formula is C21H22O3. The van der Waals surface area contributed by atoms with E-state index >= 15 is 0 Å². The van der Waals surface area contributed by atoms with Gasteiger partial charge in [-0.3, -0.25) is 0 Å². The minimum absolute atomic E-state index is 0.342. The molecule has 0 N–H and O–H groups in total. The summed E-state index contributed by atoms with van der Waals surface area (Å²) in [6.07, 6.45) is 3.25. The number of ether oxygens (including phenoxy) is 2. The number of allylic oxidation sites excluding steroid dienone is 1. The first kappa shape index (κ1) is 17.5. The van der Waals surface area contributed by atoms with Crippen molar-refractivity contribution in [3.63, 3.8) is 0 Å². The van der Waals surface area contributed by atoms with Gasteiger partial charge in [-0.15, -0.1) is 0 Å². The molecule has 24 heavy (non-hydrogen) atoms. The van der Waals surface area contributed by atoms with Crippen LogP contribution in [0.1, 0.15) is 30.5 Å². The Morgan fingerprint density at radius 3 is 2.58 bits per heavy atom. The van der Waals surface area contributed by atoms with Gasteiger partial charge in [-0.1, -0.05) is 43.0 Å². The van der Waals surface area contributed by atoms with Crippen LogP contribution in [-0.4, -0.2) is 12.6 Å². The van der Waals surface area contributed by atoms with E-state index in [1.165, 1.54) is 6.08 Å². The van der Waals surface area contributed by atoms with Crippen LogP contribution < -0.4 is 4.74 Å². The maximum absolute atomic E-state index is 11.6. The summed E-state index contributed by atoms with van der Waals surface area (Å²) in [4.78, 5) is 11.6. The number of benzene rings is 2. The minimum Gasteiger partial charge on any atom is -0.489 e. The fraction of sp³-hybridized carbons (Fsp3) is 0.190. The van der Waals surface area contributed by atoms with E-state index in [2.05, 4.69) is 6.58 Å². The van der Waals surface area contributed by atoms with Gasteiger partial charge in [0.2, 0.25) is 0 Å². The van der Waals surface area contributed by atoms with Crippen LogP contribution in [-0.2, 0) is 16.1 Å². The van der Waals surface area contributed by atoms with Gasteiger partial charge in [-0.2, -0.15) is 0 Å². The average Bonchev–Trinajstić information content (AvgIpc) is 2.60. The lowest BCUT2D eigenvalue weighted by Crippen LogP contribution is -2.00. The normalized spacial score (nSPS) is 11.0. The lowest BCUT2D eigenvalue weighted by molar-refractivity contribution is -0.137. The van der Waals surface area contributed by atoms with Gasteiger partial charge in [0.05, 0.1) is 6.61 Å². The average molecular weight is 322 g/mol. The summed E-state index contributed by atoms with van der Waals surface area (Å²) in [7, 11) is 0. The molecule has 0 aromatic heterocycles. The Labute approximate surface area is 143 Å². The van der Waals surface area contributed by atoms with Gasteiger partial charge >= 0.3 is 5.97 Å². The summed E-state index contributed by atoms with van der Waals surface area (Å²) >= 11 is 0. The number of carbonyl (C=O) groups is 1. The van der Waals surface area contributed by atoms with Crippen molar-refractivity contribution in [1.29, 1.82) is 0 Å². The molecule has 2 aromatic carbocycles. The molecule has 0 aliphatic rings. The summed E-state index contributed by atoms with van der Waals surface area (Å²) in [6.45, 7) is 8.33. The van der Waals surface area contributed by atoms with Crippen LogP contribution in [0.4, 0.5) is 0 Å². The SMILES string of the molecule is C=Cc1cc(OCc2ccccc2)cc(/C(C)=C/C(=O)OCC)c1. The summed E-state index contributed by atoms with van der Waals surface area (Å²) in [5, 5.41) is 0. The largest absolute Gasteiger partial charge is 0.489 e. The van der Waals surface area contributed by atoms with Crippen LogP contribution in [0.2, 0.25) is 0 Å². The minimum atomic E-state index is -0.342. The van der Waals surface area contributed by atoms with E-state index in [9.17, 15) is 4.79 Å². The Morgan fingerprint density at radius 1 is 1.17 bits per heavy atom. The van der Waals surface area contributed by atoms with Crippen LogP contribution in [0.5, 0.6) is 5.75 Å². The van der Waals surface area contributed by atoms with Gasteiger partial charge in [0.25, 0.3) is 0 Å². The highest BCUT2D eigenvalue weighted by Crippen LogP contribution is 2.24. The highest BCUT2D eigenvalue weighted by Gasteiger charge is 2.05. The molecule has 3 heteroatoms. The van der Waals surface area contributed by atoms with E-state index in [0.29, 0.717) is 13.2 Å². The van der Waals surface area contributed by atoms with Gasteiger partial charge < -0.3 is 9.47 Å². The first-order valence-electron chi connectivity index (χ1n) is 7.92. The highest BCUT2D eigenvalue weighted by molar-refractivity contribution is 5.91. The molecule has 0 radical (unpaired) electrons. The molecule has 3 nitrogen and oxygen atoms in total. The van der Waals surface area contributed by atoms with Crippen molar-refractivity contribution in [2.75, 3.05) is 6.61 Å². The molecule has 0 spiro atoms. The van der Waals surface area contributed by atoms with Crippen LogP contribution in [0.25, 0.3) is 11.6 Å². The highest BCUT2D eigenvalue weighted by atomic mass is 16.5. The Bertz CT molecular complexity index is 730. The predicted molar refractivity (Wildman–Crippen MR) is 97.6 cm³/mol. The summed E-state index contributed by atoms with van der Waals surface area (Å²) in [6, 6.07) is 15.8. The molecule has 0 amide bonds. The van der Waals surface area contributed by atoms with Crippen LogP contribution in [0.3, 0.4) is 0 Å². The Hall–Kier alpha value is -2.81. The van der Waals surface area contributed by atoms with Crippen LogP contribution in [0.15, 0.2) is 61.2 Å². The fourth-order valence-corrected chi connectivity index (χ4v) is 2.24. The standard InChI is InChI=1S/C21H22O3/c1-4-17-12-19(16(3)11-21(22)23-5-2)14-20(13-17)24-15-18-9-7-6-8-10-18/h4,6-14H,1,5,15H2,2-3H3/b16-11+. The van der Waals surface area contributed by atoms with Crippen molar-refractivity contribution in [2.24, 2.45) is 0 Å². The number of esters is 1. The summed E-state index contributed by atoms with van der Waals surface area (Å²) < 4.78 is 10.8. The van der Waals surface area contributed by atoms with E-state index in [1.54, 1.807) is 13.0 Å². The molecule has 0 unspecified atom stereocenters. The monoisotopic (exact) mass is 322 g/mol. The van der Waals surface area contributed by atoms with E-state index in [0.717, 1.165) is 28.0 Å². The Morgan fingerprint density at radius 2 is 1.92 bits per heavy atom. The zero-order valence-electron chi connectivity index (χ0n) is 14.1. The third-order valence-electron chi connectivity index (χ3n) is 3.49. The molecule has 0 fully saturated rings. The number of hydrogen-bond donors (Lipinski definition) is 0. The predicted octanol–water partition coefficient (Wildman–Crippen LogP) is 4.88. The third-order valence-corrected chi connectivity index (χ3v) is 3.49. The van der Waals surface area contributed by atoms with Crippen molar-refractivity contribution in [2.45, 2.75) is 20.5 Å². The molecule has 0 aliphatic heterocycles. The van der Waals surface area contributed by atoms with Crippen molar-refractivity contribution in [3.8, 4) is 5.75 Å². The van der Waals surface area contributed by atoms with Gasteiger partial charge in [-0.25, -0.2) is 4.79 Å². The van der Waals surface area contributed by atoms with Gasteiger partial charge in [-0.05, 0) is 54.3 Å². The molecule has 0 atom stereocenters.